The van der Waals surface area contributed by atoms with E-state index in [0.29, 0.717) is 24.0 Å². The lowest BCUT2D eigenvalue weighted by molar-refractivity contribution is -0.139. The van der Waals surface area contributed by atoms with E-state index in [9.17, 15) is 35.9 Å². The highest BCUT2D eigenvalue weighted by molar-refractivity contribution is 5.97. The number of nitrogens with one attached hydrogen (secondary N) is 1. The monoisotopic (exact) mass is 564 g/mol. The first-order valence-corrected chi connectivity index (χ1v) is 12.7. The second-order valence-electron chi connectivity index (χ2n) is 9.82. The van der Waals surface area contributed by atoms with Gasteiger partial charge in [-0.25, -0.2) is 0 Å². The van der Waals surface area contributed by atoms with Gasteiger partial charge in [-0.05, 0) is 54.0 Å². The Bertz CT molecular complexity index is 1360. The Morgan fingerprint density at radius 3 is 2.20 bits per heavy atom. The summed E-state index contributed by atoms with van der Waals surface area (Å²) < 4.78 is 81.5. The van der Waals surface area contributed by atoms with Gasteiger partial charge in [-0.3, -0.25) is 14.6 Å². The number of hydrogen-bond donors (Lipinski definition) is 2. The number of alkyl halides is 6. The van der Waals surface area contributed by atoms with Crippen molar-refractivity contribution in [3.63, 3.8) is 0 Å². The second kappa shape index (κ2) is 11.7. The van der Waals surface area contributed by atoms with Crippen molar-refractivity contribution in [3.05, 3.63) is 83.2 Å². The molecule has 4 rings (SSSR count). The standard InChI is InChI=1S/C29H26F6N2O3/c30-28(31,32)22-14-21(15-36-16-22)17-8-10-19(11-9-17)25(18-4-1-2-5-18)27(40)37-23-7-3-6-20(12-13-24(38)39)26(23)29(33,34)35/h3,6-11,14-16,18,25H,1-2,4-5,12-13H2,(H,37,40)(H,38,39)/t25-/m1/s1. The summed E-state index contributed by atoms with van der Waals surface area (Å²) in [4.78, 5) is 28.2. The number of hydrogen-bond acceptors (Lipinski definition) is 3. The normalized spacial score (nSPS) is 15.2. The Kier molecular flexibility index (Phi) is 8.51. The second-order valence-corrected chi connectivity index (χ2v) is 9.82. The number of aryl methyl sites for hydroxylation is 1. The van der Waals surface area contributed by atoms with Gasteiger partial charge in [0, 0.05) is 24.4 Å². The fourth-order valence-corrected chi connectivity index (χ4v) is 5.26. The number of benzene rings is 2. The third kappa shape index (κ3) is 6.81. The lowest BCUT2D eigenvalue weighted by atomic mass is 9.83. The minimum Gasteiger partial charge on any atom is -0.481 e. The van der Waals surface area contributed by atoms with Gasteiger partial charge < -0.3 is 10.4 Å². The first-order valence-electron chi connectivity index (χ1n) is 12.7. The molecule has 1 aromatic heterocycles. The van der Waals surface area contributed by atoms with Gasteiger partial charge in [0.25, 0.3) is 0 Å². The fraction of sp³-hybridized carbons (Fsp3) is 0.345. The smallest absolute Gasteiger partial charge is 0.418 e. The molecule has 1 saturated carbocycles. The van der Waals surface area contributed by atoms with Crippen LogP contribution in [0.5, 0.6) is 0 Å². The number of nitrogens with zero attached hydrogens (tertiary/aromatic N) is 1. The molecular weight excluding hydrogens is 538 g/mol. The topological polar surface area (TPSA) is 79.3 Å². The average molecular weight is 565 g/mol. The minimum absolute atomic E-state index is 0.134. The Morgan fingerprint density at radius 2 is 1.60 bits per heavy atom. The van der Waals surface area contributed by atoms with E-state index in [-0.39, 0.29) is 23.5 Å². The predicted molar refractivity (Wildman–Crippen MR) is 135 cm³/mol. The van der Waals surface area contributed by atoms with Crippen LogP contribution in [0.2, 0.25) is 0 Å². The first kappa shape index (κ1) is 29.1. The highest BCUT2D eigenvalue weighted by Crippen LogP contribution is 2.42. The Balaban J connectivity index is 1.65. The zero-order valence-electron chi connectivity index (χ0n) is 21.1. The van der Waals surface area contributed by atoms with Gasteiger partial charge in [-0.15, -0.1) is 0 Å². The van der Waals surface area contributed by atoms with Gasteiger partial charge in [0.15, 0.2) is 0 Å². The van der Waals surface area contributed by atoms with Crippen LogP contribution in [0.1, 0.15) is 60.3 Å². The molecule has 1 aliphatic rings. The van der Waals surface area contributed by atoms with Crippen molar-refractivity contribution in [1.82, 2.24) is 4.98 Å². The van der Waals surface area contributed by atoms with E-state index in [4.69, 9.17) is 5.11 Å². The molecule has 2 aromatic carbocycles. The number of aliphatic carboxylic acids is 1. The largest absolute Gasteiger partial charge is 0.481 e. The summed E-state index contributed by atoms with van der Waals surface area (Å²) in [5.41, 5.74) is -1.46. The predicted octanol–water partition coefficient (Wildman–Crippen LogP) is 7.72. The summed E-state index contributed by atoms with van der Waals surface area (Å²) in [6, 6.07) is 11.0. The van der Waals surface area contributed by atoms with Gasteiger partial charge in [0.2, 0.25) is 5.91 Å². The molecule has 1 aliphatic carbocycles. The van der Waals surface area contributed by atoms with Crippen LogP contribution in [0.15, 0.2) is 60.9 Å². The van der Waals surface area contributed by atoms with Crippen LogP contribution >= 0.6 is 0 Å². The lowest BCUT2D eigenvalue weighted by Crippen LogP contribution is -2.28. The molecule has 0 bridgehead atoms. The zero-order valence-corrected chi connectivity index (χ0v) is 21.1. The van der Waals surface area contributed by atoms with Crippen LogP contribution in [-0.4, -0.2) is 22.0 Å². The molecule has 1 fully saturated rings. The number of halogens is 6. The van der Waals surface area contributed by atoms with E-state index in [0.717, 1.165) is 31.2 Å². The van der Waals surface area contributed by atoms with Gasteiger partial charge in [-0.1, -0.05) is 49.2 Å². The van der Waals surface area contributed by atoms with Crippen LogP contribution in [0, 0.1) is 5.92 Å². The van der Waals surface area contributed by atoms with Crippen LogP contribution in [0.3, 0.4) is 0 Å². The third-order valence-corrected chi connectivity index (χ3v) is 7.12. The number of carboxylic acids is 1. The van der Waals surface area contributed by atoms with Crippen molar-refractivity contribution in [1.29, 1.82) is 0 Å². The molecule has 0 spiro atoms. The maximum absolute atomic E-state index is 14.0. The number of pyridine rings is 1. The van der Waals surface area contributed by atoms with E-state index in [2.05, 4.69) is 10.3 Å². The Labute approximate surface area is 226 Å². The van der Waals surface area contributed by atoms with Crippen molar-refractivity contribution in [2.45, 2.75) is 56.8 Å². The number of carbonyl (C=O) groups excluding carboxylic acids is 1. The summed E-state index contributed by atoms with van der Waals surface area (Å²) >= 11 is 0. The van der Waals surface area contributed by atoms with Crippen LogP contribution in [0.4, 0.5) is 32.0 Å². The minimum atomic E-state index is -4.83. The highest BCUT2D eigenvalue weighted by Gasteiger charge is 2.38. The zero-order chi connectivity index (χ0) is 29.1. The molecular formula is C29H26F6N2O3. The maximum atomic E-state index is 14.0. The summed E-state index contributed by atoms with van der Waals surface area (Å²) in [6.07, 6.45) is -5.11. The molecule has 3 aromatic rings. The number of carbonyl (C=O) groups is 2. The van der Waals surface area contributed by atoms with Crippen LogP contribution in [0.25, 0.3) is 11.1 Å². The molecule has 0 saturated heterocycles. The van der Waals surface area contributed by atoms with Crippen molar-refractivity contribution in [2.75, 3.05) is 5.32 Å². The quantitative estimate of drug-likeness (QED) is 0.275. The molecule has 212 valence electrons. The van der Waals surface area contributed by atoms with E-state index in [1.807, 2.05) is 0 Å². The molecule has 2 N–H and O–H groups in total. The molecule has 1 amide bonds. The Morgan fingerprint density at radius 1 is 0.925 bits per heavy atom. The third-order valence-electron chi connectivity index (χ3n) is 7.12. The number of rotatable bonds is 8. The fourth-order valence-electron chi connectivity index (χ4n) is 5.26. The maximum Gasteiger partial charge on any atom is 0.418 e. The molecule has 5 nitrogen and oxygen atoms in total. The highest BCUT2D eigenvalue weighted by atomic mass is 19.4. The summed E-state index contributed by atoms with van der Waals surface area (Å²) in [5, 5.41) is 11.4. The molecule has 0 aliphatic heterocycles. The van der Waals surface area contributed by atoms with Crippen LogP contribution in [-0.2, 0) is 28.4 Å². The summed E-state index contributed by atoms with van der Waals surface area (Å²) in [6.45, 7) is 0. The number of carboxylic acid groups (broad SMARTS) is 1. The molecule has 11 heteroatoms. The van der Waals surface area contributed by atoms with Gasteiger partial charge >= 0.3 is 18.3 Å². The average Bonchev–Trinajstić information content (AvgIpc) is 3.41. The van der Waals surface area contributed by atoms with E-state index in [1.54, 1.807) is 24.3 Å². The molecule has 1 heterocycles. The van der Waals surface area contributed by atoms with Crippen LogP contribution < -0.4 is 5.32 Å². The van der Waals surface area contributed by atoms with Gasteiger partial charge in [-0.2, -0.15) is 26.3 Å². The van der Waals surface area contributed by atoms with Crippen molar-refractivity contribution in [2.24, 2.45) is 5.92 Å². The van der Waals surface area contributed by atoms with Crippen molar-refractivity contribution in [3.8, 4) is 11.1 Å². The first-order chi connectivity index (χ1) is 18.8. The summed E-state index contributed by atoms with van der Waals surface area (Å²) in [7, 11) is 0. The summed E-state index contributed by atoms with van der Waals surface area (Å²) in [5.74, 6) is -2.81. The number of anilines is 1. The van der Waals surface area contributed by atoms with E-state index < -0.39 is 53.4 Å². The SMILES string of the molecule is O=C(O)CCc1cccc(NC(=O)[C@@H](c2ccc(-c3cncc(C(F)(F)F)c3)cc2)C2CCCC2)c1C(F)(F)F. The van der Waals surface area contributed by atoms with E-state index in [1.165, 1.54) is 18.3 Å². The van der Waals surface area contributed by atoms with Crippen molar-refractivity contribution >= 4 is 17.6 Å². The number of aromatic nitrogens is 1. The molecule has 0 unspecified atom stereocenters. The lowest BCUT2D eigenvalue weighted by Gasteiger charge is -2.25. The molecule has 40 heavy (non-hydrogen) atoms. The van der Waals surface area contributed by atoms with Crippen molar-refractivity contribution < 1.29 is 41.0 Å². The molecule has 1 atom stereocenters. The number of amides is 1. The Hall–Kier alpha value is -3.89. The van der Waals surface area contributed by atoms with E-state index >= 15 is 0 Å². The van der Waals surface area contributed by atoms with Gasteiger partial charge in [0.05, 0.1) is 22.7 Å². The van der Waals surface area contributed by atoms with Gasteiger partial charge in [0.1, 0.15) is 0 Å². The molecule has 0 radical (unpaired) electrons.